The molecule has 0 aliphatic carbocycles. The van der Waals surface area contributed by atoms with E-state index in [4.69, 9.17) is 9.47 Å². The van der Waals surface area contributed by atoms with Gasteiger partial charge in [0.25, 0.3) is 0 Å². The molecule has 0 bridgehead atoms. The number of hydrogen-bond acceptors (Lipinski definition) is 4. The van der Waals surface area contributed by atoms with Crippen LogP contribution in [-0.4, -0.2) is 25.2 Å². The Labute approximate surface area is 267 Å². The summed E-state index contributed by atoms with van der Waals surface area (Å²) in [5.74, 6) is 1.52. The van der Waals surface area contributed by atoms with E-state index in [-0.39, 0.29) is 10.9 Å². The molecule has 5 aromatic rings. The maximum absolute atomic E-state index is 12.1. The molecule has 0 atom stereocenters. The van der Waals surface area contributed by atoms with E-state index in [2.05, 4.69) is 118 Å². The van der Waals surface area contributed by atoms with E-state index in [0.717, 1.165) is 33.4 Å². The summed E-state index contributed by atoms with van der Waals surface area (Å²) in [6, 6.07) is 39.1. The number of carbonyl (C=O) groups is 1. The highest BCUT2D eigenvalue weighted by molar-refractivity contribution is 7.96. The van der Waals surface area contributed by atoms with Crippen molar-refractivity contribution in [2.24, 2.45) is 0 Å². The van der Waals surface area contributed by atoms with Gasteiger partial charge in [0.2, 0.25) is 0 Å². The number of Topliss-reactive ketones (excluding diaryl/α,β-unsaturated/α-hetero) is 1. The summed E-state index contributed by atoms with van der Waals surface area (Å²) in [4.78, 5) is 12.9. The first-order valence-corrected chi connectivity index (χ1v) is 17.7. The lowest BCUT2D eigenvalue weighted by atomic mass is 10.1. The van der Waals surface area contributed by atoms with Gasteiger partial charge in [0.1, 0.15) is 23.2 Å². The van der Waals surface area contributed by atoms with E-state index >= 15 is 0 Å². The zero-order valence-electron chi connectivity index (χ0n) is 26.8. The van der Waals surface area contributed by atoms with Gasteiger partial charge in [-0.2, -0.15) is 0 Å². The number of allylic oxidation sites excluding steroid dienone is 1. The minimum Gasteiger partial charge on any atom is -0.493 e. The number of methoxy groups -OCH3 is 2. The Kier molecular flexibility index (Phi) is 11.2. The second kappa shape index (κ2) is 14.8. The second-order valence-electron chi connectivity index (χ2n) is 11.6. The lowest BCUT2D eigenvalue weighted by Crippen LogP contribution is -2.43. The number of fused-ring (bicyclic) bond motifs is 1. The van der Waals surface area contributed by atoms with Crippen LogP contribution in [0.25, 0.3) is 10.1 Å². The third-order valence-electron chi connectivity index (χ3n) is 8.28. The predicted octanol–water partition coefficient (Wildman–Crippen LogP) is 9.63. The molecule has 3 nitrogen and oxygen atoms in total. The van der Waals surface area contributed by atoms with Crippen LogP contribution in [0.3, 0.4) is 0 Å². The number of ether oxygens (including phenoxy) is 2. The molecule has 228 valence electrons. The molecule has 5 rings (SSSR count). The molecule has 0 spiro atoms. The Balaban J connectivity index is 0.000000204. The zero-order chi connectivity index (χ0) is 31.7. The average molecular weight is 624 g/mol. The molecule has 0 N–H and O–H groups in total. The van der Waals surface area contributed by atoms with Gasteiger partial charge in [0.15, 0.2) is 17.3 Å². The van der Waals surface area contributed by atoms with Gasteiger partial charge in [0.05, 0.1) is 24.3 Å². The van der Waals surface area contributed by atoms with Crippen LogP contribution < -0.4 is 25.4 Å². The fraction of sp³-hybridized carbons (Fsp3) is 0.256. The smallest absolute Gasteiger partial charge is 0.173 e. The number of thiophene rings is 1. The van der Waals surface area contributed by atoms with E-state index in [9.17, 15) is 4.79 Å². The Bertz CT molecular complexity index is 1540. The summed E-state index contributed by atoms with van der Waals surface area (Å²) in [6.07, 6.45) is 2.38. The Morgan fingerprint density at radius 2 is 1.20 bits per heavy atom. The Morgan fingerprint density at radius 3 is 1.61 bits per heavy atom. The SMILES string of the molecule is C=C(C)CCC(=O)c1cc2cc(OC)c(OC)cc2s1.CCC(C)(C)[P+](c1ccccc1)(c1ccccc1)c1ccccc1. The summed E-state index contributed by atoms with van der Waals surface area (Å²) in [7, 11) is 1.46. The topological polar surface area (TPSA) is 35.5 Å². The minimum absolute atomic E-state index is 0.159. The van der Waals surface area contributed by atoms with E-state index in [1.54, 1.807) is 14.2 Å². The van der Waals surface area contributed by atoms with Crippen molar-refractivity contribution in [1.82, 2.24) is 0 Å². The van der Waals surface area contributed by atoms with Crippen LogP contribution in [0.15, 0.2) is 121 Å². The first-order chi connectivity index (χ1) is 21.2. The number of hydrogen-bond donors (Lipinski definition) is 0. The van der Waals surface area contributed by atoms with Gasteiger partial charge in [-0.05, 0) is 87.5 Å². The maximum Gasteiger partial charge on any atom is 0.173 e. The van der Waals surface area contributed by atoms with Crippen molar-refractivity contribution in [3.63, 3.8) is 0 Å². The third kappa shape index (κ3) is 6.98. The molecule has 0 saturated carbocycles. The summed E-state index contributed by atoms with van der Waals surface area (Å²) < 4.78 is 11.6. The quantitative estimate of drug-likeness (QED) is 0.0835. The zero-order valence-corrected chi connectivity index (χ0v) is 28.5. The van der Waals surface area contributed by atoms with Gasteiger partial charge in [0, 0.05) is 17.2 Å². The van der Waals surface area contributed by atoms with Gasteiger partial charge in [-0.3, -0.25) is 4.79 Å². The number of benzene rings is 4. The van der Waals surface area contributed by atoms with E-state index < -0.39 is 7.26 Å². The number of ketones is 1. The molecule has 5 heteroatoms. The van der Waals surface area contributed by atoms with E-state index in [1.165, 1.54) is 27.3 Å². The van der Waals surface area contributed by atoms with E-state index in [0.29, 0.717) is 17.9 Å². The van der Waals surface area contributed by atoms with Gasteiger partial charge in [-0.15, -0.1) is 17.9 Å². The number of rotatable bonds is 11. The molecular weight excluding hydrogens is 579 g/mol. The maximum atomic E-state index is 12.1. The normalized spacial score (nSPS) is 11.4. The van der Waals surface area contributed by atoms with Crippen molar-refractivity contribution >= 4 is 50.4 Å². The molecule has 0 saturated heterocycles. The minimum atomic E-state index is -1.76. The second-order valence-corrected chi connectivity index (χ2v) is 16.8. The number of carbonyl (C=O) groups excluding carboxylic acids is 1. The monoisotopic (exact) mass is 623 g/mol. The predicted molar refractivity (Wildman–Crippen MR) is 193 cm³/mol. The molecule has 1 aromatic heterocycles. The highest BCUT2D eigenvalue weighted by Crippen LogP contribution is 2.66. The van der Waals surface area contributed by atoms with Gasteiger partial charge in [-0.25, -0.2) is 0 Å². The molecule has 0 aliphatic heterocycles. The van der Waals surface area contributed by atoms with Crippen LogP contribution >= 0.6 is 18.6 Å². The third-order valence-corrected chi connectivity index (χ3v) is 14.8. The van der Waals surface area contributed by atoms with Crippen molar-refractivity contribution in [2.45, 2.75) is 52.1 Å². The van der Waals surface area contributed by atoms with Crippen molar-refractivity contribution in [3.8, 4) is 11.5 Å². The van der Waals surface area contributed by atoms with Crippen LogP contribution in [-0.2, 0) is 0 Å². The van der Waals surface area contributed by atoms with Gasteiger partial charge in [-0.1, -0.05) is 67.1 Å². The summed E-state index contributed by atoms with van der Waals surface area (Å²) in [5.41, 5.74) is 1.03. The Hall–Kier alpha value is -3.72. The molecule has 1 heterocycles. The Morgan fingerprint density at radius 1 is 0.750 bits per heavy atom. The molecule has 4 aromatic carbocycles. The van der Waals surface area contributed by atoms with Crippen LogP contribution in [0.4, 0.5) is 0 Å². The fourth-order valence-electron chi connectivity index (χ4n) is 5.64. The molecular formula is C39H44O3PS+. The highest BCUT2D eigenvalue weighted by Gasteiger charge is 2.56. The lowest BCUT2D eigenvalue weighted by molar-refractivity contribution is 0.0986. The van der Waals surface area contributed by atoms with Crippen molar-refractivity contribution in [2.75, 3.05) is 14.2 Å². The molecule has 0 unspecified atom stereocenters. The van der Waals surface area contributed by atoms with E-state index in [1.807, 2.05) is 25.1 Å². The summed E-state index contributed by atoms with van der Waals surface area (Å²) in [6.45, 7) is 13.0. The first kappa shape index (κ1) is 33.2. The summed E-state index contributed by atoms with van der Waals surface area (Å²) >= 11 is 1.49. The van der Waals surface area contributed by atoms with Gasteiger partial charge < -0.3 is 9.47 Å². The van der Waals surface area contributed by atoms with Crippen molar-refractivity contribution in [3.05, 3.63) is 126 Å². The van der Waals surface area contributed by atoms with Gasteiger partial charge >= 0.3 is 0 Å². The van der Waals surface area contributed by atoms with Crippen molar-refractivity contribution in [1.29, 1.82) is 0 Å². The van der Waals surface area contributed by atoms with Crippen LogP contribution in [0, 0.1) is 0 Å². The van der Waals surface area contributed by atoms with Crippen LogP contribution in [0.5, 0.6) is 11.5 Å². The highest BCUT2D eigenvalue weighted by atomic mass is 32.1. The van der Waals surface area contributed by atoms with Crippen LogP contribution in [0.2, 0.25) is 0 Å². The largest absolute Gasteiger partial charge is 0.493 e. The van der Waals surface area contributed by atoms with Crippen LogP contribution in [0.1, 0.15) is 56.6 Å². The summed E-state index contributed by atoms with van der Waals surface area (Å²) in [5, 5.41) is 5.58. The molecule has 0 fully saturated rings. The molecule has 0 radical (unpaired) electrons. The standard InChI is InChI=1S/C23H26P.C16H18O3S/c1-4-23(2,3)24(20-14-8-5-9-15-20,21-16-10-6-11-17-21)22-18-12-7-13-19-22;1-10(2)5-6-12(17)16-8-11-7-13(18-3)14(19-4)9-15(11)20-16/h5-19H,4H2,1-3H3;7-9H,1,5-6H2,2-4H3/q+1;. The van der Waals surface area contributed by atoms with Crippen molar-refractivity contribution < 1.29 is 14.3 Å². The average Bonchev–Trinajstić information content (AvgIpc) is 3.48. The molecule has 44 heavy (non-hydrogen) atoms. The lowest BCUT2D eigenvalue weighted by Gasteiger charge is -2.40. The fourth-order valence-corrected chi connectivity index (χ4v) is 12.0. The first-order valence-electron chi connectivity index (χ1n) is 15.1. The molecule has 0 aliphatic rings. The molecule has 0 amide bonds.